The third-order valence-corrected chi connectivity index (χ3v) is 6.13. The number of aliphatic hydroxyl groups is 1. The quantitative estimate of drug-likeness (QED) is 0.389. The van der Waals surface area contributed by atoms with Crippen molar-refractivity contribution in [1.82, 2.24) is 9.88 Å². The van der Waals surface area contributed by atoms with E-state index < -0.39 is 0 Å². The van der Waals surface area contributed by atoms with Crippen LogP contribution in [0.15, 0.2) is 42.5 Å². The van der Waals surface area contributed by atoms with E-state index in [0.29, 0.717) is 0 Å². The van der Waals surface area contributed by atoms with Gasteiger partial charge >= 0.3 is 0 Å². The van der Waals surface area contributed by atoms with Gasteiger partial charge in [0.15, 0.2) is 0 Å². The summed E-state index contributed by atoms with van der Waals surface area (Å²) in [6, 6.07) is 14.1. The number of aromatic nitrogens is 1. The van der Waals surface area contributed by atoms with Crippen LogP contribution in [-0.2, 0) is 6.42 Å². The van der Waals surface area contributed by atoms with Crippen LogP contribution in [0, 0.1) is 0 Å². The molecule has 0 aliphatic rings. The molecule has 0 amide bonds. The zero-order valence-electron chi connectivity index (χ0n) is 16.9. The van der Waals surface area contributed by atoms with Gasteiger partial charge in [0.25, 0.3) is 0 Å². The predicted molar refractivity (Wildman–Crippen MR) is 122 cm³/mol. The summed E-state index contributed by atoms with van der Waals surface area (Å²) in [7, 11) is 2.05. The number of hydrogen-bond acceptors (Lipinski definition) is 5. The minimum Gasteiger partial charge on any atom is -0.494 e. The average Bonchev–Trinajstić information content (AvgIpc) is 3.11. The molecule has 4 nitrogen and oxygen atoms in total. The van der Waals surface area contributed by atoms with Crippen molar-refractivity contribution < 1.29 is 9.84 Å². The number of thiazole rings is 1. The van der Waals surface area contributed by atoms with E-state index in [1.54, 1.807) is 11.3 Å². The van der Waals surface area contributed by atoms with Gasteiger partial charge in [0.05, 0.1) is 28.4 Å². The summed E-state index contributed by atoms with van der Waals surface area (Å²) >= 11 is 7.68. The van der Waals surface area contributed by atoms with Gasteiger partial charge in [0, 0.05) is 18.0 Å². The number of nitrogens with zero attached hydrogens (tertiary/aromatic N) is 2. The number of benzene rings is 2. The Kier molecular flexibility index (Phi) is 8.74. The maximum absolute atomic E-state index is 8.89. The van der Waals surface area contributed by atoms with Crippen LogP contribution in [0.4, 0.5) is 0 Å². The zero-order valence-corrected chi connectivity index (χ0v) is 18.5. The van der Waals surface area contributed by atoms with Crippen molar-refractivity contribution in [2.75, 3.05) is 33.4 Å². The smallest absolute Gasteiger partial charge is 0.120 e. The lowest BCUT2D eigenvalue weighted by molar-refractivity contribution is 0.218. The van der Waals surface area contributed by atoms with E-state index in [1.807, 2.05) is 36.4 Å². The molecule has 0 bridgehead atoms. The van der Waals surface area contributed by atoms with Gasteiger partial charge in [-0.05, 0) is 62.3 Å². The van der Waals surface area contributed by atoms with E-state index in [2.05, 4.69) is 18.0 Å². The Labute approximate surface area is 182 Å². The van der Waals surface area contributed by atoms with Crippen LogP contribution in [-0.4, -0.2) is 48.3 Å². The fourth-order valence-corrected chi connectivity index (χ4v) is 4.36. The minimum atomic E-state index is 0.233. The summed E-state index contributed by atoms with van der Waals surface area (Å²) < 4.78 is 7.11. The lowest BCUT2D eigenvalue weighted by Crippen LogP contribution is -2.23. The Bertz CT molecular complexity index is 882. The van der Waals surface area contributed by atoms with Gasteiger partial charge in [-0.15, -0.1) is 11.3 Å². The molecule has 0 saturated heterocycles. The molecule has 2 aromatic carbocycles. The highest BCUT2D eigenvalue weighted by Gasteiger charge is 2.07. The number of halogens is 1. The van der Waals surface area contributed by atoms with Gasteiger partial charge in [-0.3, -0.25) is 0 Å². The molecule has 0 radical (unpaired) electrons. The summed E-state index contributed by atoms with van der Waals surface area (Å²) in [5.74, 6) is 0.918. The van der Waals surface area contributed by atoms with Crippen LogP contribution in [0.5, 0.6) is 5.75 Å². The molecule has 156 valence electrons. The van der Waals surface area contributed by atoms with Gasteiger partial charge in [0.1, 0.15) is 5.75 Å². The van der Waals surface area contributed by atoms with E-state index in [9.17, 15) is 0 Å². The number of likely N-dealkylation sites (N-methyl/N-ethyl adjacent to an activating group) is 1. The first-order chi connectivity index (χ1) is 14.1. The molecule has 0 aliphatic carbocycles. The molecule has 3 rings (SSSR count). The van der Waals surface area contributed by atoms with Crippen LogP contribution in [0.2, 0.25) is 5.02 Å². The van der Waals surface area contributed by atoms with Crippen LogP contribution in [0.25, 0.3) is 10.2 Å². The van der Waals surface area contributed by atoms with E-state index in [1.165, 1.54) is 29.5 Å². The van der Waals surface area contributed by atoms with E-state index >= 15 is 0 Å². The summed E-state index contributed by atoms with van der Waals surface area (Å²) in [4.78, 5) is 6.91. The molecule has 3 aromatic rings. The van der Waals surface area contributed by atoms with E-state index in [0.717, 1.165) is 53.8 Å². The Morgan fingerprint density at radius 3 is 2.62 bits per heavy atom. The Morgan fingerprint density at radius 1 is 1.03 bits per heavy atom. The number of hydrogen-bond donors (Lipinski definition) is 1. The van der Waals surface area contributed by atoms with Crippen molar-refractivity contribution in [1.29, 1.82) is 0 Å². The molecule has 0 saturated carbocycles. The molecule has 29 heavy (non-hydrogen) atoms. The first-order valence-electron chi connectivity index (χ1n) is 10.2. The van der Waals surface area contributed by atoms with E-state index in [4.69, 9.17) is 26.4 Å². The Morgan fingerprint density at radius 2 is 1.83 bits per heavy atom. The lowest BCUT2D eigenvalue weighted by Gasteiger charge is -2.14. The van der Waals surface area contributed by atoms with Crippen molar-refractivity contribution in [3.63, 3.8) is 0 Å². The lowest BCUT2D eigenvalue weighted by atomic mass is 10.2. The summed E-state index contributed by atoms with van der Waals surface area (Å²) in [6.07, 6.45) is 5.41. The second-order valence-electron chi connectivity index (χ2n) is 7.33. The van der Waals surface area contributed by atoms with Gasteiger partial charge in [-0.2, -0.15) is 0 Å². The first-order valence-corrected chi connectivity index (χ1v) is 11.4. The molecule has 0 aliphatic heterocycles. The van der Waals surface area contributed by atoms with Gasteiger partial charge in [-0.25, -0.2) is 4.98 Å². The van der Waals surface area contributed by atoms with Crippen LogP contribution >= 0.6 is 22.9 Å². The first kappa shape index (κ1) is 22.0. The molecule has 1 N–H and O–H groups in total. The molecule has 0 spiro atoms. The molecule has 6 heteroatoms. The molecule has 1 heterocycles. The number of ether oxygens (including phenoxy) is 1. The van der Waals surface area contributed by atoms with Crippen molar-refractivity contribution >= 4 is 33.2 Å². The maximum atomic E-state index is 8.89. The largest absolute Gasteiger partial charge is 0.494 e. The van der Waals surface area contributed by atoms with Crippen molar-refractivity contribution in [3.05, 3.63) is 58.1 Å². The molecule has 0 unspecified atom stereocenters. The van der Waals surface area contributed by atoms with Gasteiger partial charge < -0.3 is 14.7 Å². The normalized spacial score (nSPS) is 11.4. The molecule has 0 fully saturated rings. The van der Waals surface area contributed by atoms with Crippen molar-refractivity contribution in [2.45, 2.75) is 32.1 Å². The third kappa shape index (κ3) is 7.27. The molecule has 1 aromatic heterocycles. The predicted octanol–water partition coefficient (Wildman–Crippen LogP) is 5.40. The van der Waals surface area contributed by atoms with E-state index in [-0.39, 0.29) is 6.61 Å². The zero-order chi connectivity index (χ0) is 20.5. The highest BCUT2D eigenvalue weighted by atomic mass is 35.5. The highest BCUT2D eigenvalue weighted by Crippen LogP contribution is 2.28. The molecular weight excluding hydrogens is 404 g/mol. The number of aliphatic hydroxyl groups excluding tert-OH is 1. The third-order valence-electron chi connectivity index (χ3n) is 4.86. The second-order valence-corrected chi connectivity index (χ2v) is 8.88. The number of fused-ring (bicyclic) bond motifs is 1. The van der Waals surface area contributed by atoms with Gasteiger partial charge in [0.2, 0.25) is 0 Å². The van der Waals surface area contributed by atoms with Crippen LogP contribution < -0.4 is 4.74 Å². The monoisotopic (exact) mass is 432 g/mol. The second kappa shape index (κ2) is 11.5. The fourth-order valence-electron chi connectivity index (χ4n) is 3.20. The van der Waals surface area contributed by atoms with Crippen molar-refractivity contribution in [3.8, 4) is 5.75 Å². The van der Waals surface area contributed by atoms with Crippen LogP contribution in [0.3, 0.4) is 0 Å². The van der Waals surface area contributed by atoms with Gasteiger partial charge in [-0.1, -0.05) is 36.6 Å². The minimum absolute atomic E-state index is 0.233. The Hall–Kier alpha value is -1.66. The summed E-state index contributed by atoms with van der Waals surface area (Å²) in [5.41, 5.74) is 2.24. The average molecular weight is 433 g/mol. The maximum Gasteiger partial charge on any atom is 0.120 e. The van der Waals surface area contributed by atoms with Crippen LogP contribution in [0.1, 0.15) is 36.3 Å². The topological polar surface area (TPSA) is 45.6 Å². The molecule has 0 atom stereocenters. The SMILES string of the molecule is CN(CCO)CCCCCCOc1ccc2nc(Cc3ccc(Cl)cc3)sc2c1. The molecular formula is C23H29ClN2O2S. The fraction of sp³-hybridized carbons (Fsp3) is 0.435. The summed E-state index contributed by atoms with van der Waals surface area (Å²) in [6.45, 7) is 2.78. The standard InChI is InChI=1S/C23H29ClN2O2S/c1-26(13-14-27)12-4-2-3-5-15-28-20-10-11-21-22(17-20)29-23(25-21)16-18-6-8-19(24)9-7-18/h6-11,17,27H,2-5,12-16H2,1H3. The summed E-state index contributed by atoms with van der Waals surface area (Å²) in [5, 5.41) is 10.8. The highest BCUT2D eigenvalue weighted by molar-refractivity contribution is 7.18. The Balaban J connectivity index is 1.42. The van der Waals surface area contributed by atoms with Crippen molar-refractivity contribution in [2.24, 2.45) is 0 Å². The number of unbranched alkanes of at least 4 members (excludes halogenated alkanes) is 3. The number of rotatable bonds is 12.